The highest BCUT2D eigenvalue weighted by Gasteiger charge is 2.37. The third-order valence-corrected chi connectivity index (χ3v) is 8.92. The molecule has 218 valence electrons. The average molecular weight is 562 g/mol. The number of phenols is 1. The van der Waals surface area contributed by atoms with Crippen LogP contribution < -0.4 is 14.5 Å². The molecule has 0 spiro atoms. The Hall–Kier alpha value is -3.46. The van der Waals surface area contributed by atoms with Crippen LogP contribution in [0.15, 0.2) is 24.3 Å². The van der Waals surface area contributed by atoms with Crippen LogP contribution in [0.5, 0.6) is 11.8 Å². The summed E-state index contributed by atoms with van der Waals surface area (Å²) in [6.45, 7) is 8.77. The van der Waals surface area contributed by atoms with E-state index in [1.807, 2.05) is 6.92 Å². The summed E-state index contributed by atoms with van der Waals surface area (Å²) in [6, 6.07) is 6.97. The number of hydrogen-bond acceptors (Lipinski definition) is 7. The van der Waals surface area contributed by atoms with E-state index in [4.69, 9.17) is 14.7 Å². The van der Waals surface area contributed by atoms with Gasteiger partial charge in [-0.25, -0.2) is 4.39 Å². The molecular weight excluding hydrogens is 521 g/mol. The van der Waals surface area contributed by atoms with Crippen LogP contribution in [0.2, 0.25) is 0 Å². The number of halogens is 1. The zero-order valence-corrected chi connectivity index (χ0v) is 24.2. The van der Waals surface area contributed by atoms with Gasteiger partial charge in [-0.1, -0.05) is 25.8 Å². The second-order valence-electron chi connectivity index (χ2n) is 11.6. The van der Waals surface area contributed by atoms with Crippen molar-refractivity contribution in [2.45, 2.75) is 77.8 Å². The first-order valence-electron chi connectivity index (χ1n) is 15.2. The molecule has 3 aliphatic heterocycles. The fourth-order valence-electron chi connectivity index (χ4n) is 6.65. The van der Waals surface area contributed by atoms with Crippen LogP contribution in [-0.4, -0.2) is 64.7 Å². The van der Waals surface area contributed by atoms with Gasteiger partial charge in [0, 0.05) is 30.6 Å². The van der Waals surface area contributed by atoms with Crippen molar-refractivity contribution < 1.29 is 19.0 Å². The third-order valence-electron chi connectivity index (χ3n) is 8.92. The van der Waals surface area contributed by atoms with Crippen molar-refractivity contribution in [3.63, 3.8) is 0 Å². The van der Waals surface area contributed by atoms with Crippen molar-refractivity contribution in [3.8, 4) is 11.8 Å². The van der Waals surface area contributed by atoms with Gasteiger partial charge in [0.2, 0.25) is 0 Å². The quantitative estimate of drug-likeness (QED) is 0.371. The van der Waals surface area contributed by atoms with E-state index in [0.717, 1.165) is 58.3 Å². The van der Waals surface area contributed by atoms with Crippen molar-refractivity contribution in [2.24, 2.45) is 0 Å². The van der Waals surface area contributed by atoms with Gasteiger partial charge in [0.25, 0.3) is 5.91 Å². The Bertz CT molecular complexity index is 1430. The van der Waals surface area contributed by atoms with Crippen LogP contribution in [0.3, 0.4) is 0 Å². The standard InChI is InChI=1S/C32H40FN5O3/c1-3-24-25(33)11-10-22-18-23(39)19-27(28(22)24)38-20-26-29(31(38)40)30(37-15-6-4-5-7-16-37)35-32(34-26)41-17-12-21(2)36-13-8-9-14-36/h10-11,18-19,21,39H,3-9,12-17,20H2,1-2H3/t21-/m0/s1. The number of benzene rings is 2. The first-order chi connectivity index (χ1) is 19.9. The maximum atomic E-state index is 14.9. The Labute approximate surface area is 241 Å². The number of aromatic hydroxyl groups is 1. The lowest BCUT2D eigenvalue weighted by Gasteiger charge is -2.25. The highest BCUT2D eigenvalue weighted by atomic mass is 19.1. The van der Waals surface area contributed by atoms with E-state index in [9.17, 15) is 14.3 Å². The fraction of sp³-hybridized carbons (Fsp3) is 0.531. The summed E-state index contributed by atoms with van der Waals surface area (Å²) in [5.74, 6) is 0.102. The molecule has 1 amide bonds. The first-order valence-corrected chi connectivity index (χ1v) is 15.2. The first kappa shape index (κ1) is 27.7. The lowest BCUT2D eigenvalue weighted by molar-refractivity contribution is 0.0997. The summed E-state index contributed by atoms with van der Waals surface area (Å²) in [5.41, 5.74) is 2.10. The van der Waals surface area contributed by atoms with Crippen LogP contribution in [0.4, 0.5) is 15.9 Å². The zero-order chi connectivity index (χ0) is 28.5. The summed E-state index contributed by atoms with van der Waals surface area (Å²) >= 11 is 0. The molecule has 2 saturated heterocycles. The van der Waals surface area contributed by atoms with E-state index in [-0.39, 0.29) is 24.0 Å². The van der Waals surface area contributed by atoms with E-state index in [2.05, 4.69) is 16.7 Å². The predicted molar refractivity (Wildman–Crippen MR) is 159 cm³/mol. The lowest BCUT2D eigenvalue weighted by Crippen LogP contribution is -2.31. The highest BCUT2D eigenvalue weighted by molar-refractivity contribution is 6.16. The highest BCUT2D eigenvalue weighted by Crippen LogP contribution is 2.41. The van der Waals surface area contributed by atoms with Gasteiger partial charge >= 0.3 is 6.01 Å². The molecule has 41 heavy (non-hydrogen) atoms. The number of hydrogen-bond donors (Lipinski definition) is 1. The molecule has 0 radical (unpaired) electrons. The number of phenolic OH excluding ortho intramolecular Hbond substituents is 1. The fourth-order valence-corrected chi connectivity index (χ4v) is 6.65. The van der Waals surface area contributed by atoms with E-state index in [0.29, 0.717) is 64.2 Å². The van der Waals surface area contributed by atoms with Gasteiger partial charge in [0.05, 0.1) is 24.5 Å². The number of ether oxygens (including phenoxy) is 1. The van der Waals surface area contributed by atoms with Crippen LogP contribution in [0, 0.1) is 5.82 Å². The molecule has 0 aliphatic carbocycles. The number of fused-ring (bicyclic) bond motifs is 2. The number of anilines is 2. The van der Waals surface area contributed by atoms with Gasteiger partial charge < -0.3 is 24.5 Å². The summed E-state index contributed by atoms with van der Waals surface area (Å²) < 4.78 is 21.1. The van der Waals surface area contributed by atoms with Crippen molar-refractivity contribution in [2.75, 3.05) is 42.6 Å². The number of aromatic nitrogens is 2. The molecule has 4 heterocycles. The Morgan fingerprint density at radius 2 is 1.76 bits per heavy atom. The molecule has 1 N–H and O–H groups in total. The number of likely N-dealkylation sites (tertiary alicyclic amines) is 1. The Morgan fingerprint density at radius 3 is 2.49 bits per heavy atom. The molecule has 3 aromatic rings. The molecule has 0 saturated carbocycles. The molecule has 2 fully saturated rings. The molecule has 3 aliphatic rings. The summed E-state index contributed by atoms with van der Waals surface area (Å²) in [4.78, 5) is 30.0. The average Bonchev–Trinajstić information content (AvgIpc) is 3.53. The smallest absolute Gasteiger partial charge is 0.318 e. The van der Waals surface area contributed by atoms with E-state index >= 15 is 0 Å². The lowest BCUT2D eigenvalue weighted by atomic mass is 9.99. The second-order valence-corrected chi connectivity index (χ2v) is 11.6. The van der Waals surface area contributed by atoms with Crippen molar-refractivity contribution in [1.29, 1.82) is 0 Å². The number of rotatable bonds is 8. The SMILES string of the molecule is CCc1c(F)ccc2cc(O)cc(N3Cc4nc(OCC[C@H](C)N5CCCC5)nc(N5CCCCCC5)c4C3=O)c12. The number of aryl methyl sites for hydroxylation is 1. The van der Waals surface area contributed by atoms with Gasteiger partial charge in [-0.05, 0) is 81.6 Å². The molecule has 1 atom stereocenters. The molecule has 2 aromatic carbocycles. The largest absolute Gasteiger partial charge is 0.508 e. The predicted octanol–water partition coefficient (Wildman–Crippen LogP) is 5.83. The number of amides is 1. The molecule has 1 aromatic heterocycles. The van der Waals surface area contributed by atoms with Gasteiger partial charge in [0.1, 0.15) is 22.9 Å². The Balaban J connectivity index is 1.36. The van der Waals surface area contributed by atoms with Crippen LogP contribution in [-0.2, 0) is 13.0 Å². The summed E-state index contributed by atoms with van der Waals surface area (Å²) in [6.07, 6.45) is 8.23. The van der Waals surface area contributed by atoms with Crippen molar-refractivity contribution in [3.05, 3.63) is 46.9 Å². The van der Waals surface area contributed by atoms with Gasteiger partial charge in [-0.2, -0.15) is 9.97 Å². The summed E-state index contributed by atoms with van der Waals surface area (Å²) in [7, 11) is 0. The van der Waals surface area contributed by atoms with E-state index in [1.54, 1.807) is 23.1 Å². The number of nitrogens with zero attached hydrogens (tertiary/aromatic N) is 5. The number of carbonyl (C=O) groups excluding carboxylic acids is 1. The second kappa shape index (κ2) is 11.8. The van der Waals surface area contributed by atoms with Gasteiger partial charge in [0.15, 0.2) is 0 Å². The normalized spacial score (nSPS) is 18.7. The minimum Gasteiger partial charge on any atom is -0.508 e. The number of carbonyl (C=O) groups is 1. The topological polar surface area (TPSA) is 82.0 Å². The van der Waals surface area contributed by atoms with E-state index < -0.39 is 0 Å². The van der Waals surface area contributed by atoms with Crippen LogP contribution in [0.25, 0.3) is 10.8 Å². The minimum absolute atomic E-state index is 0.0277. The maximum absolute atomic E-state index is 14.9. The zero-order valence-electron chi connectivity index (χ0n) is 24.2. The molecular formula is C32H40FN5O3. The Kier molecular flexibility index (Phi) is 7.97. The summed E-state index contributed by atoms with van der Waals surface area (Å²) in [5, 5.41) is 11.9. The van der Waals surface area contributed by atoms with Crippen LogP contribution in [0.1, 0.15) is 80.4 Å². The third kappa shape index (κ3) is 5.44. The van der Waals surface area contributed by atoms with Crippen molar-refractivity contribution in [1.82, 2.24) is 14.9 Å². The minimum atomic E-state index is -0.319. The Morgan fingerprint density at radius 1 is 1.02 bits per heavy atom. The van der Waals surface area contributed by atoms with Crippen molar-refractivity contribution >= 4 is 28.2 Å². The van der Waals surface area contributed by atoms with Gasteiger partial charge in [-0.15, -0.1) is 0 Å². The molecule has 0 bridgehead atoms. The molecule has 0 unspecified atom stereocenters. The maximum Gasteiger partial charge on any atom is 0.318 e. The monoisotopic (exact) mass is 561 g/mol. The van der Waals surface area contributed by atoms with Gasteiger partial charge in [-0.3, -0.25) is 4.79 Å². The molecule has 9 heteroatoms. The van der Waals surface area contributed by atoms with Crippen LogP contribution >= 0.6 is 0 Å². The molecule has 8 nitrogen and oxygen atoms in total. The molecule has 6 rings (SSSR count). The van der Waals surface area contributed by atoms with E-state index in [1.165, 1.54) is 18.9 Å².